The van der Waals surface area contributed by atoms with Crippen molar-refractivity contribution >= 4 is 22.1 Å². The lowest BCUT2D eigenvalue weighted by atomic mass is 9.82. The maximum atomic E-state index is 6.62. The SMILES string of the molecule is Cc1cc(-c2cccc3c2oc2nc(-c4c(C(C)C)ccc(-c5ccccc5)c4C(C)C)ccc23)ncc1CC(C)(C)C. The van der Waals surface area contributed by atoms with Gasteiger partial charge < -0.3 is 4.42 Å². The van der Waals surface area contributed by atoms with Gasteiger partial charge >= 0.3 is 0 Å². The fourth-order valence-electron chi connectivity index (χ4n) is 6.38. The molecule has 0 aliphatic rings. The zero-order valence-corrected chi connectivity index (χ0v) is 26.7. The molecule has 0 aliphatic heterocycles. The normalized spacial score (nSPS) is 12.2. The second kappa shape index (κ2) is 11.1. The van der Waals surface area contributed by atoms with Crippen molar-refractivity contribution in [3.63, 3.8) is 0 Å². The minimum Gasteiger partial charge on any atom is -0.437 e. The Hall–Kier alpha value is -4.24. The number of pyridine rings is 2. The summed E-state index contributed by atoms with van der Waals surface area (Å²) < 4.78 is 6.62. The van der Waals surface area contributed by atoms with Crippen LogP contribution in [0.5, 0.6) is 0 Å². The van der Waals surface area contributed by atoms with Gasteiger partial charge in [-0.05, 0) is 88.2 Å². The van der Waals surface area contributed by atoms with Gasteiger partial charge in [0.15, 0.2) is 0 Å². The van der Waals surface area contributed by atoms with E-state index in [1.165, 1.54) is 38.9 Å². The van der Waals surface area contributed by atoms with Gasteiger partial charge in [0, 0.05) is 28.1 Å². The van der Waals surface area contributed by atoms with Crippen LogP contribution in [0.25, 0.3) is 55.7 Å². The maximum absolute atomic E-state index is 6.62. The number of aryl methyl sites for hydroxylation is 1. The van der Waals surface area contributed by atoms with Crippen molar-refractivity contribution in [1.29, 1.82) is 0 Å². The molecule has 3 nitrogen and oxygen atoms in total. The zero-order valence-electron chi connectivity index (χ0n) is 26.7. The second-order valence-corrected chi connectivity index (χ2v) is 13.7. The fourth-order valence-corrected chi connectivity index (χ4v) is 6.38. The molecule has 0 N–H and O–H groups in total. The molecule has 6 aromatic rings. The predicted molar refractivity (Wildman–Crippen MR) is 182 cm³/mol. The van der Waals surface area contributed by atoms with Crippen molar-refractivity contribution in [2.45, 2.75) is 73.6 Å². The predicted octanol–water partition coefficient (Wildman–Crippen LogP) is 11.5. The van der Waals surface area contributed by atoms with Gasteiger partial charge in [-0.3, -0.25) is 4.98 Å². The van der Waals surface area contributed by atoms with Crippen LogP contribution in [0.15, 0.2) is 89.5 Å². The third-order valence-electron chi connectivity index (χ3n) is 8.40. The Balaban J connectivity index is 1.53. The van der Waals surface area contributed by atoms with Gasteiger partial charge in [-0.2, -0.15) is 0 Å². The first-order chi connectivity index (χ1) is 20.5. The van der Waals surface area contributed by atoms with Gasteiger partial charge in [0.1, 0.15) is 5.58 Å². The molecule has 3 aromatic heterocycles. The molecular formula is C40H42N2O. The minimum absolute atomic E-state index is 0.210. The van der Waals surface area contributed by atoms with Crippen LogP contribution in [-0.4, -0.2) is 9.97 Å². The highest BCUT2D eigenvalue weighted by molar-refractivity contribution is 6.08. The molecule has 3 aromatic carbocycles. The average molecular weight is 567 g/mol. The number of hydrogen-bond acceptors (Lipinski definition) is 3. The van der Waals surface area contributed by atoms with E-state index < -0.39 is 0 Å². The summed E-state index contributed by atoms with van der Waals surface area (Å²) in [4.78, 5) is 10.1. The lowest BCUT2D eigenvalue weighted by molar-refractivity contribution is 0.410. The van der Waals surface area contributed by atoms with Crippen LogP contribution < -0.4 is 0 Å². The van der Waals surface area contributed by atoms with Crippen LogP contribution >= 0.6 is 0 Å². The second-order valence-electron chi connectivity index (χ2n) is 13.7. The van der Waals surface area contributed by atoms with Crippen molar-refractivity contribution in [2.24, 2.45) is 5.41 Å². The first kappa shape index (κ1) is 28.9. The molecule has 0 spiro atoms. The number of nitrogens with zero attached hydrogens (tertiary/aromatic N) is 2. The van der Waals surface area contributed by atoms with E-state index in [-0.39, 0.29) is 5.41 Å². The van der Waals surface area contributed by atoms with E-state index in [0.29, 0.717) is 17.5 Å². The number of para-hydroxylation sites is 1. The first-order valence-corrected chi connectivity index (χ1v) is 15.5. The zero-order chi connectivity index (χ0) is 30.5. The summed E-state index contributed by atoms with van der Waals surface area (Å²) in [5, 5.41) is 2.09. The highest BCUT2D eigenvalue weighted by atomic mass is 16.3. The molecule has 0 saturated heterocycles. The molecule has 0 bridgehead atoms. The summed E-state index contributed by atoms with van der Waals surface area (Å²) in [5.74, 6) is 0.673. The van der Waals surface area contributed by atoms with E-state index in [4.69, 9.17) is 14.4 Å². The number of hydrogen-bond donors (Lipinski definition) is 0. The molecule has 0 radical (unpaired) electrons. The van der Waals surface area contributed by atoms with Gasteiger partial charge in [-0.25, -0.2) is 4.98 Å². The van der Waals surface area contributed by atoms with Crippen molar-refractivity contribution in [2.75, 3.05) is 0 Å². The van der Waals surface area contributed by atoms with E-state index in [0.717, 1.165) is 39.7 Å². The van der Waals surface area contributed by atoms with Crippen molar-refractivity contribution in [3.05, 3.63) is 107 Å². The third-order valence-corrected chi connectivity index (χ3v) is 8.40. The Morgan fingerprint density at radius 3 is 2.19 bits per heavy atom. The number of aromatic nitrogens is 2. The van der Waals surface area contributed by atoms with Gasteiger partial charge in [0.2, 0.25) is 5.71 Å². The highest BCUT2D eigenvalue weighted by Crippen LogP contribution is 2.43. The topological polar surface area (TPSA) is 38.9 Å². The van der Waals surface area contributed by atoms with Gasteiger partial charge in [-0.15, -0.1) is 0 Å². The fraction of sp³-hybridized carbons (Fsp3) is 0.300. The van der Waals surface area contributed by atoms with Crippen molar-refractivity contribution < 1.29 is 4.42 Å². The Morgan fingerprint density at radius 1 is 0.744 bits per heavy atom. The number of furan rings is 1. The van der Waals surface area contributed by atoms with Gasteiger partial charge in [0.05, 0.1) is 11.4 Å². The molecule has 0 saturated carbocycles. The summed E-state index contributed by atoms with van der Waals surface area (Å²) in [6, 6.07) is 28.1. The molecule has 0 fully saturated rings. The quantitative estimate of drug-likeness (QED) is 0.201. The third kappa shape index (κ3) is 5.49. The number of fused-ring (bicyclic) bond motifs is 3. The molecule has 0 unspecified atom stereocenters. The van der Waals surface area contributed by atoms with Gasteiger partial charge in [0.25, 0.3) is 0 Å². The first-order valence-electron chi connectivity index (χ1n) is 15.5. The van der Waals surface area contributed by atoms with E-state index in [2.05, 4.69) is 134 Å². The van der Waals surface area contributed by atoms with E-state index in [9.17, 15) is 0 Å². The molecule has 0 amide bonds. The Kier molecular flexibility index (Phi) is 7.46. The molecule has 6 rings (SSSR count). The highest BCUT2D eigenvalue weighted by Gasteiger charge is 2.23. The van der Waals surface area contributed by atoms with Crippen LogP contribution in [0.2, 0.25) is 0 Å². The Labute approximate surface area is 256 Å². The molecule has 3 heterocycles. The van der Waals surface area contributed by atoms with Crippen LogP contribution in [0.3, 0.4) is 0 Å². The number of benzene rings is 3. The van der Waals surface area contributed by atoms with Crippen molar-refractivity contribution in [3.8, 4) is 33.6 Å². The monoisotopic (exact) mass is 566 g/mol. The standard InChI is InChI=1S/C40H42N2O/c1-24(2)29-17-18-30(27-13-10-9-11-14-27)36(25(3)4)37(29)34-20-19-32-31-15-12-16-33(38(31)43-39(32)42-34)35-21-26(5)28(23-41-35)22-40(6,7)8/h9-21,23-25H,22H2,1-8H3. The van der Waals surface area contributed by atoms with Crippen LogP contribution in [0.4, 0.5) is 0 Å². The summed E-state index contributed by atoms with van der Waals surface area (Å²) in [6.45, 7) is 18.1. The summed E-state index contributed by atoms with van der Waals surface area (Å²) in [5.41, 5.74) is 13.5. The van der Waals surface area contributed by atoms with E-state index in [1.807, 2.05) is 6.20 Å². The molecule has 43 heavy (non-hydrogen) atoms. The van der Waals surface area contributed by atoms with Crippen LogP contribution in [0.1, 0.15) is 82.6 Å². The Bertz CT molecular complexity index is 1940. The largest absolute Gasteiger partial charge is 0.437 e. The smallest absolute Gasteiger partial charge is 0.227 e. The van der Waals surface area contributed by atoms with Gasteiger partial charge in [-0.1, -0.05) is 103 Å². The summed E-state index contributed by atoms with van der Waals surface area (Å²) >= 11 is 0. The molecule has 218 valence electrons. The molecular weight excluding hydrogens is 524 g/mol. The van der Waals surface area contributed by atoms with E-state index in [1.54, 1.807) is 0 Å². The number of rotatable bonds is 6. The van der Waals surface area contributed by atoms with E-state index >= 15 is 0 Å². The lowest BCUT2D eigenvalue weighted by Crippen LogP contribution is -2.10. The van der Waals surface area contributed by atoms with Crippen molar-refractivity contribution in [1.82, 2.24) is 9.97 Å². The van der Waals surface area contributed by atoms with Crippen LogP contribution in [0, 0.1) is 12.3 Å². The lowest BCUT2D eigenvalue weighted by Gasteiger charge is -2.23. The summed E-state index contributed by atoms with van der Waals surface area (Å²) in [7, 11) is 0. The molecule has 0 atom stereocenters. The Morgan fingerprint density at radius 2 is 1.51 bits per heavy atom. The minimum atomic E-state index is 0.210. The molecule has 0 aliphatic carbocycles. The maximum Gasteiger partial charge on any atom is 0.227 e. The summed E-state index contributed by atoms with van der Waals surface area (Å²) in [6.07, 6.45) is 3.03. The molecule has 3 heteroatoms. The van der Waals surface area contributed by atoms with Crippen LogP contribution in [-0.2, 0) is 6.42 Å². The average Bonchev–Trinajstić information content (AvgIpc) is 3.35.